The highest BCUT2D eigenvalue weighted by atomic mass is 32.2. The lowest BCUT2D eigenvalue weighted by Gasteiger charge is -2.15. The molecule has 2 aromatic rings. The Morgan fingerprint density at radius 3 is 2.24 bits per heavy atom. The van der Waals surface area contributed by atoms with Gasteiger partial charge in [-0.05, 0) is 47.6 Å². The first kappa shape index (κ1) is 19.0. The molecule has 2 atom stereocenters. The molecule has 2 amide bonds. The van der Waals surface area contributed by atoms with Crippen LogP contribution >= 0.6 is 0 Å². The summed E-state index contributed by atoms with van der Waals surface area (Å²) in [4.78, 5) is 23.6. The average Bonchev–Trinajstić information content (AvgIpc) is 2.60. The van der Waals surface area contributed by atoms with E-state index in [1.807, 2.05) is 18.2 Å². The van der Waals surface area contributed by atoms with E-state index in [2.05, 4.69) is 10.6 Å². The summed E-state index contributed by atoms with van der Waals surface area (Å²) >= 11 is -1.26. The Hall–Kier alpha value is -2.35. The van der Waals surface area contributed by atoms with E-state index in [1.54, 1.807) is 36.4 Å². The second-order valence-electron chi connectivity index (χ2n) is 5.51. The maximum atomic E-state index is 12.3. The fourth-order valence-corrected chi connectivity index (χ4v) is 3.28. The van der Waals surface area contributed by atoms with E-state index < -0.39 is 17.2 Å². The molecule has 132 valence electrons. The lowest BCUT2D eigenvalue weighted by atomic mass is 10.2. The van der Waals surface area contributed by atoms with Crippen molar-refractivity contribution in [3.63, 3.8) is 0 Å². The molecule has 6 nitrogen and oxygen atoms in total. The second-order valence-corrected chi connectivity index (χ2v) is 7.08. The van der Waals surface area contributed by atoms with Crippen molar-refractivity contribution in [3.05, 3.63) is 54.6 Å². The van der Waals surface area contributed by atoms with Crippen LogP contribution in [-0.2, 0) is 20.8 Å². The normalized spacial score (nSPS) is 12.9. The summed E-state index contributed by atoms with van der Waals surface area (Å²) in [6, 6.07) is 15.1. The molecule has 0 aliphatic heterocycles. The van der Waals surface area contributed by atoms with Crippen molar-refractivity contribution in [2.75, 3.05) is 16.4 Å². The highest BCUT2D eigenvalue weighted by Crippen LogP contribution is 2.16. The van der Waals surface area contributed by atoms with Crippen molar-refractivity contribution in [2.24, 2.45) is 5.73 Å². The number of benzene rings is 2. The maximum absolute atomic E-state index is 12.3. The molecule has 0 fully saturated rings. The molecule has 0 saturated heterocycles. The zero-order valence-electron chi connectivity index (χ0n) is 13.9. The molecule has 0 saturated carbocycles. The topological polar surface area (TPSA) is 107 Å². The number of nitrogens with two attached hydrogens (primary N) is 1. The fourth-order valence-electron chi connectivity index (χ4n) is 2.13. The lowest BCUT2D eigenvalue weighted by Crippen LogP contribution is -2.37. The Kier molecular flexibility index (Phi) is 7.00. The monoisotopic (exact) mass is 359 g/mol. The maximum Gasteiger partial charge on any atom is 0.241 e. The molecule has 2 rings (SSSR count). The van der Waals surface area contributed by atoms with Gasteiger partial charge in [-0.25, -0.2) is 0 Å². The molecular formula is C18H21N3O3S. The van der Waals surface area contributed by atoms with Crippen molar-refractivity contribution in [1.82, 2.24) is 0 Å². The standard InChI is InChI=1S/C18H21N3O3S/c1-13(22)20-15-7-9-16(10-8-15)25(24)12-11-17(19)18(23)21-14-5-3-2-4-6-14/h2-10,17H,11-12,19H2,1H3,(H,20,22)(H,21,23). The van der Waals surface area contributed by atoms with E-state index in [0.29, 0.717) is 22.7 Å². The molecule has 0 heterocycles. The Labute approximate surface area is 150 Å². The van der Waals surface area contributed by atoms with Gasteiger partial charge in [-0.15, -0.1) is 0 Å². The average molecular weight is 359 g/mol. The summed E-state index contributed by atoms with van der Waals surface area (Å²) in [6.07, 6.45) is 0.304. The van der Waals surface area contributed by atoms with Gasteiger partial charge >= 0.3 is 0 Å². The molecule has 25 heavy (non-hydrogen) atoms. The van der Waals surface area contributed by atoms with Crippen LogP contribution in [0.5, 0.6) is 0 Å². The lowest BCUT2D eigenvalue weighted by molar-refractivity contribution is -0.117. The van der Waals surface area contributed by atoms with Gasteiger partial charge in [0.15, 0.2) is 4.90 Å². The van der Waals surface area contributed by atoms with Crippen LogP contribution in [0.2, 0.25) is 0 Å². The smallest absolute Gasteiger partial charge is 0.241 e. The first-order valence-electron chi connectivity index (χ1n) is 7.83. The number of carbonyl (C=O) groups excluding carboxylic acids is 2. The molecule has 4 N–H and O–H groups in total. The number of para-hydroxylation sites is 1. The summed E-state index contributed by atoms with van der Waals surface area (Å²) in [5, 5.41) is 5.38. The number of hydrogen-bond donors (Lipinski definition) is 3. The first-order valence-corrected chi connectivity index (χ1v) is 9.15. The van der Waals surface area contributed by atoms with E-state index in [0.717, 1.165) is 0 Å². The molecule has 0 bridgehead atoms. The minimum Gasteiger partial charge on any atom is -0.611 e. The third-order valence-corrected chi connectivity index (χ3v) is 4.83. The number of anilines is 2. The van der Waals surface area contributed by atoms with Crippen molar-refractivity contribution in [3.8, 4) is 0 Å². The molecule has 0 aromatic heterocycles. The van der Waals surface area contributed by atoms with Crippen LogP contribution in [0.1, 0.15) is 13.3 Å². The van der Waals surface area contributed by atoms with E-state index in [9.17, 15) is 14.1 Å². The number of carbonyl (C=O) groups is 2. The van der Waals surface area contributed by atoms with Crippen LogP contribution < -0.4 is 16.4 Å². The Bertz CT molecular complexity index is 707. The highest BCUT2D eigenvalue weighted by molar-refractivity contribution is 7.91. The minimum atomic E-state index is -1.26. The van der Waals surface area contributed by atoms with Gasteiger partial charge in [0, 0.05) is 24.7 Å². The van der Waals surface area contributed by atoms with Gasteiger partial charge in [0.25, 0.3) is 0 Å². The van der Waals surface area contributed by atoms with E-state index in [-0.39, 0.29) is 17.6 Å². The van der Waals surface area contributed by atoms with Gasteiger partial charge in [-0.3, -0.25) is 9.59 Å². The third-order valence-electron chi connectivity index (χ3n) is 3.43. The van der Waals surface area contributed by atoms with Gasteiger partial charge in [-0.1, -0.05) is 18.2 Å². The zero-order chi connectivity index (χ0) is 18.2. The first-order chi connectivity index (χ1) is 12.0. The minimum absolute atomic E-state index is 0.163. The summed E-state index contributed by atoms with van der Waals surface area (Å²) in [6.45, 7) is 1.42. The van der Waals surface area contributed by atoms with E-state index in [1.165, 1.54) is 6.92 Å². The van der Waals surface area contributed by atoms with Gasteiger partial charge in [-0.2, -0.15) is 0 Å². The zero-order valence-corrected chi connectivity index (χ0v) is 14.7. The van der Waals surface area contributed by atoms with Gasteiger partial charge in [0.2, 0.25) is 11.8 Å². The van der Waals surface area contributed by atoms with E-state index >= 15 is 0 Å². The molecule has 0 aliphatic carbocycles. The van der Waals surface area contributed by atoms with Crippen LogP contribution in [0.4, 0.5) is 11.4 Å². The van der Waals surface area contributed by atoms with Crippen molar-refractivity contribution in [2.45, 2.75) is 24.3 Å². The number of amides is 2. The molecule has 7 heteroatoms. The highest BCUT2D eigenvalue weighted by Gasteiger charge is 2.18. The van der Waals surface area contributed by atoms with Crippen molar-refractivity contribution in [1.29, 1.82) is 0 Å². The van der Waals surface area contributed by atoms with E-state index in [4.69, 9.17) is 5.73 Å². The number of hydrogen-bond acceptors (Lipinski definition) is 4. The Morgan fingerprint density at radius 1 is 1.04 bits per heavy atom. The predicted octanol–water partition coefficient (Wildman–Crippen LogP) is 2.11. The summed E-state index contributed by atoms with van der Waals surface area (Å²) < 4.78 is 12.3. The van der Waals surface area contributed by atoms with Crippen LogP contribution in [0.25, 0.3) is 0 Å². The largest absolute Gasteiger partial charge is 0.611 e. The molecule has 0 aliphatic rings. The van der Waals surface area contributed by atoms with Crippen LogP contribution in [0.3, 0.4) is 0 Å². The summed E-state index contributed by atoms with van der Waals surface area (Å²) in [5.41, 5.74) is 7.20. The molecule has 2 aromatic carbocycles. The quantitative estimate of drug-likeness (QED) is 0.658. The SMILES string of the molecule is CC(=O)Nc1ccc([S+]([O-])CCC(N)C(=O)Nc2ccccc2)cc1. The Balaban J connectivity index is 1.83. The third kappa shape index (κ3) is 6.22. The molecular weight excluding hydrogens is 338 g/mol. The Morgan fingerprint density at radius 2 is 1.64 bits per heavy atom. The van der Waals surface area contributed by atoms with Gasteiger partial charge in [0.05, 0.1) is 6.04 Å². The van der Waals surface area contributed by atoms with Crippen LogP contribution in [-0.4, -0.2) is 28.2 Å². The van der Waals surface area contributed by atoms with Crippen LogP contribution in [0, 0.1) is 0 Å². The molecule has 2 unspecified atom stereocenters. The fraction of sp³-hybridized carbons (Fsp3) is 0.222. The number of rotatable bonds is 7. The van der Waals surface area contributed by atoms with Gasteiger partial charge < -0.3 is 20.9 Å². The van der Waals surface area contributed by atoms with Crippen molar-refractivity contribution >= 4 is 34.4 Å². The summed E-state index contributed by atoms with van der Waals surface area (Å²) in [7, 11) is 0. The molecule has 0 radical (unpaired) electrons. The van der Waals surface area contributed by atoms with Crippen LogP contribution in [0.15, 0.2) is 59.5 Å². The van der Waals surface area contributed by atoms with Gasteiger partial charge in [0.1, 0.15) is 5.75 Å². The second kappa shape index (κ2) is 9.22. The van der Waals surface area contributed by atoms with Crippen molar-refractivity contribution < 1.29 is 14.1 Å². The number of nitrogens with one attached hydrogen (secondary N) is 2. The molecule has 0 spiro atoms. The predicted molar refractivity (Wildman–Crippen MR) is 99.7 cm³/mol. The summed E-state index contributed by atoms with van der Waals surface area (Å²) in [5.74, 6) is -0.184.